The van der Waals surface area contributed by atoms with E-state index in [4.69, 9.17) is 15.2 Å². The van der Waals surface area contributed by atoms with Crippen LogP contribution in [-0.4, -0.2) is 53.4 Å². The molecule has 6 nitrogen and oxygen atoms in total. The van der Waals surface area contributed by atoms with Gasteiger partial charge in [-0.05, 0) is 12.7 Å². The van der Waals surface area contributed by atoms with Gasteiger partial charge in [-0.1, -0.05) is 6.42 Å². The summed E-state index contributed by atoms with van der Waals surface area (Å²) < 4.78 is 0. The number of carbonyl (C=O) groups is 1. The Hall–Kier alpha value is -0.625. The van der Waals surface area contributed by atoms with Crippen molar-refractivity contribution in [2.75, 3.05) is 13.1 Å². The van der Waals surface area contributed by atoms with E-state index in [2.05, 4.69) is 10.6 Å². The van der Waals surface area contributed by atoms with E-state index in [1.165, 1.54) is 0 Å². The Morgan fingerprint density at radius 3 is 2.60 bits per heavy atom. The van der Waals surface area contributed by atoms with Crippen molar-refractivity contribution in [1.29, 1.82) is 0 Å². The molecule has 0 bridgehead atoms. The summed E-state index contributed by atoms with van der Waals surface area (Å²) >= 11 is 0. The van der Waals surface area contributed by atoms with Crippen LogP contribution in [0.5, 0.6) is 0 Å². The number of hydrogen-bond acceptors (Lipinski definition) is 5. The first kappa shape index (κ1) is 12.4. The molecule has 0 saturated carbocycles. The Kier molecular flexibility index (Phi) is 5.03. The molecule has 1 fully saturated rings. The van der Waals surface area contributed by atoms with Crippen LogP contribution in [0.3, 0.4) is 0 Å². The maximum atomic E-state index is 10.9. The van der Waals surface area contributed by atoms with Gasteiger partial charge < -0.3 is 25.8 Å². The van der Waals surface area contributed by atoms with Gasteiger partial charge in [0.15, 0.2) is 0 Å². The van der Waals surface area contributed by atoms with Crippen LogP contribution >= 0.6 is 0 Å². The molecule has 1 rings (SSSR count). The van der Waals surface area contributed by atoms with Crippen LogP contribution in [0, 0.1) is 0 Å². The molecule has 0 aromatic carbocycles. The lowest BCUT2D eigenvalue weighted by atomic mass is 9.82. The summed E-state index contributed by atoms with van der Waals surface area (Å²) in [4.78, 5) is 10.9. The Morgan fingerprint density at radius 2 is 2.00 bits per heavy atom. The van der Waals surface area contributed by atoms with Gasteiger partial charge >= 0.3 is 13.1 Å². The predicted molar refractivity (Wildman–Crippen MR) is 55.4 cm³/mol. The Balaban J connectivity index is 2.33. The lowest BCUT2D eigenvalue weighted by Gasteiger charge is -2.30. The monoisotopic (exact) mass is 216 g/mol. The van der Waals surface area contributed by atoms with Crippen LogP contribution < -0.4 is 10.6 Å². The maximum absolute atomic E-state index is 10.9. The van der Waals surface area contributed by atoms with Crippen molar-refractivity contribution in [2.24, 2.45) is 0 Å². The third-order valence-electron chi connectivity index (χ3n) is 2.54. The molecular formula is C8H17BN2O4. The number of carboxylic acids is 1. The lowest BCUT2D eigenvalue weighted by molar-refractivity contribution is -0.140. The molecule has 0 aliphatic carbocycles. The fourth-order valence-electron chi connectivity index (χ4n) is 1.79. The Labute approximate surface area is 88.8 Å². The largest absolute Gasteiger partial charge is 0.480 e. The molecule has 86 valence electrons. The molecule has 7 heteroatoms. The van der Waals surface area contributed by atoms with E-state index in [0.717, 1.165) is 6.54 Å². The molecule has 0 amide bonds. The van der Waals surface area contributed by atoms with Gasteiger partial charge in [-0.2, -0.15) is 0 Å². The van der Waals surface area contributed by atoms with E-state index in [1.54, 1.807) is 0 Å². The van der Waals surface area contributed by atoms with Crippen LogP contribution in [-0.2, 0) is 4.79 Å². The van der Waals surface area contributed by atoms with Gasteiger partial charge in [0, 0.05) is 19.1 Å². The number of rotatable bonds is 5. The van der Waals surface area contributed by atoms with E-state index < -0.39 is 19.1 Å². The van der Waals surface area contributed by atoms with Crippen LogP contribution in [0.4, 0.5) is 0 Å². The predicted octanol–water partition coefficient (Wildman–Crippen LogP) is -1.75. The van der Waals surface area contributed by atoms with E-state index >= 15 is 0 Å². The molecule has 2 unspecified atom stereocenters. The first-order valence-corrected chi connectivity index (χ1v) is 5.17. The summed E-state index contributed by atoms with van der Waals surface area (Å²) in [6, 6.07) is -0.704. The number of hydrogen-bond donors (Lipinski definition) is 5. The van der Waals surface area contributed by atoms with Gasteiger partial charge in [-0.25, -0.2) is 0 Å². The fraction of sp³-hybridized carbons (Fsp3) is 0.875. The second kappa shape index (κ2) is 6.07. The van der Waals surface area contributed by atoms with Crippen LogP contribution in [0.15, 0.2) is 0 Å². The molecule has 0 radical (unpaired) electrons. The molecule has 2 atom stereocenters. The quantitative estimate of drug-likeness (QED) is 0.349. The molecule has 1 aliphatic heterocycles. The second-order valence-corrected chi connectivity index (χ2v) is 3.74. The van der Waals surface area contributed by atoms with Gasteiger partial charge in [0.1, 0.15) is 6.04 Å². The van der Waals surface area contributed by atoms with E-state index in [1.807, 2.05) is 0 Å². The highest BCUT2D eigenvalue weighted by Gasteiger charge is 2.29. The summed E-state index contributed by atoms with van der Waals surface area (Å²) in [5.74, 6) is -0.864. The topological polar surface area (TPSA) is 102 Å². The molecule has 0 spiro atoms. The smallest absolute Gasteiger partial charge is 0.451 e. The highest BCUT2D eigenvalue weighted by atomic mass is 16.4. The van der Waals surface area contributed by atoms with E-state index in [9.17, 15) is 4.79 Å². The van der Waals surface area contributed by atoms with Crippen LogP contribution in [0.1, 0.15) is 12.8 Å². The minimum Gasteiger partial charge on any atom is -0.480 e. The van der Waals surface area contributed by atoms with Crippen molar-refractivity contribution in [3.8, 4) is 0 Å². The molecule has 1 saturated heterocycles. The summed E-state index contributed by atoms with van der Waals surface area (Å²) in [6.07, 6.45) is 1.51. The van der Waals surface area contributed by atoms with Crippen molar-refractivity contribution in [1.82, 2.24) is 10.6 Å². The average Bonchev–Trinajstić information content (AvgIpc) is 2.17. The zero-order valence-corrected chi connectivity index (χ0v) is 8.52. The summed E-state index contributed by atoms with van der Waals surface area (Å²) in [5, 5.41) is 32.3. The first-order chi connectivity index (χ1) is 7.11. The highest BCUT2D eigenvalue weighted by Crippen LogP contribution is 2.09. The van der Waals surface area contributed by atoms with Crippen molar-refractivity contribution >= 4 is 13.1 Å². The molecule has 5 N–H and O–H groups in total. The Morgan fingerprint density at radius 1 is 1.33 bits per heavy atom. The fourth-order valence-corrected chi connectivity index (χ4v) is 1.79. The summed E-state index contributed by atoms with van der Waals surface area (Å²) in [7, 11) is -1.30. The Bertz CT molecular complexity index is 215. The van der Waals surface area contributed by atoms with Gasteiger partial charge in [0.05, 0.1) is 0 Å². The number of piperazine rings is 1. The van der Waals surface area contributed by atoms with Gasteiger partial charge in [0.2, 0.25) is 0 Å². The van der Waals surface area contributed by atoms with E-state index in [0.29, 0.717) is 19.4 Å². The zero-order chi connectivity index (χ0) is 11.3. The minimum atomic E-state index is -1.30. The third kappa shape index (κ3) is 4.17. The highest BCUT2D eigenvalue weighted by molar-refractivity contribution is 6.40. The maximum Gasteiger partial charge on any atom is 0.451 e. The van der Waals surface area contributed by atoms with Crippen molar-refractivity contribution in [3.05, 3.63) is 0 Å². The SMILES string of the molecule is O=C(O)C1NCCNC1CCCB(O)O. The molecule has 0 aromatic rings. The first-order valence-electron chi connectivity index (χ1n) is 5.17. The van der Waals surface area contributed by atoms with Gasteiger partial charge in [-0.3, -0.25) is 4.79 Å². The normalized spacial score (nSPS) is 26.3. The second-order valence-electron chi connectivity index (χ2n) is 3.74. The minimum absolute atomic E-state index is 0.130. The van der Waals surface area contributed by atoms with Crippen LogP contribution in [0.2, 0.25) is 6.32 Å². The number of carboxylic acid groups (broad SMARTS) is 1. The number of nitrogens with one attached hydrogen (secondary N) is 2. The molecule has 0 aromatic heterocycles. The summed E-state index contributed by atoms with van der Waals surface area (Å²) in [6.45, 7) is 1.40. The average molecular weight is 216 g/mol. The molecular weight excluding hydrogens is 199 g/mol. The lowest BCUT2D eigenvalue weighted by Crippen LogP contribution is -2.59. The molecule has 15 heavy (non-hydrogen) atoms. The summed E-state index contributed by atoms with van der Waals surface area (Å²) in [5.41, 5.74) is 0. The standard InChI is InChI=1S/C8H17BN2O4/c12-8(13)7-6(10-4-5-11-7)2-1-3-9(14)15/h6-7,10-11,14-15H,1-5H2,(H,12,13). The number of aliphatic carboxylic acids is 1. The van der Waals surface area contributed by atoms with Crippen molar-refractivity contribution in [3.63, 3.8) is 0 Å². The van der Waals surface area contributed by atoms with Gasteiger partial charge in [0.25, 0.3) is 0 Å². The van der Waals surface area contributed by atoms with Gasteiger partial charge in [-0.15, -0.1) is 0 Å². The zero-order valence-electron chi connectivity index (χ0n) is 8.52. The van der Waals surface area contributed by atoms with Crippen molar-refractivity contribution in [2.45, 2.75) is 31.2 Å². The molecule has 1 heterocycles. The van der Waals surface area contributed by atoms with E-state index in [-0.39, 0.29) is 12.4 Å². The van der Waals surface area contributed by atoms with Crippen LogP contribution in [0.25, 0.3) is 0 Å². The third-order valence-corrected chi connectivity index (χ3v) is 2.54. The molecule has 1 aliphatic rings. The van der Waals surface area contributed by atoms with Crippen molar-refractivity contribution < 1.29 is 19.9 Å².